The molecule has 2 fully saturated rings. The van der Waals surface area contributed by atoms with Gasteiger partial charge >= 0.3 is 0 Å². The van der Waals surface area contributed by atoms with E-state index in [4.69, 9.17) is 9.47 Å². The number of nitrogens with zero attached hydrogens (tertiary/aromatic N) is 3. The maximum Gasteiger partial charge on any atom is 0.253 e. The monoisotopic (exact) mass is 453 g/mol. The molecule has 0 N–H and O–H groups in total. The van der Waals surface area contributed by atoms with Gasteiger partial charge in [-0.05, 0) is 48.7 Å². The van der Waals surface area contributed by atoms with Crippen molar-refractivity contribution >= 4 is 11.8 Å². The summed E-state index contributed by atoms with van der Waals surface area (Å²) in [6.45, 7) is 5.23. The van der Waals surface area contributed by atoms with Gasteiger partial charge in [-0.3, -0.25) is 14.5 Å². The highest BCUT2D eigenvalue weighted by Gasteiger charge is 2.32. The molecule has 8 heteroatoms. The fourth-order valence-corrected chi connectivity index (χ4v) is 4.82. The van der Waals surface area contributed by atoms with E-state index >= 15 is 0 Å². The fourth-order valence-electron chi connectivity index (χ4n) is 4.82. The Bertz CT molecular complexity index is 1030. The molecule has 0 aliphatic carbocycles. The van der Waals surface area contributed by atoms with Crippen molar-refractivity contribution in [2.45, 2.75) is 19.4 Å². The van der Waals surface area contributed by atoms with Gasteiger partial charge in [-0.2, -0.15) is 0 Å². The van der Waals surface area contributed by atoms with Crippen molar-refractivity contribution in [2.75, 3.05) is 46.1 Å². The number of piperidine rings is 1. The molecule has 0 atom stereocenters. The third kappa shape index (κ3) is 4.80. The number of amides is 2. The number of hydrogen-bond donors (Lipinski definition) is 0. The summed E-state index contributed by atoms with van der Waals surface area (Å²) in [5.74, 6) is 1.14. The number of carbonyl (C=O) groups excluding carboxylic acids is 2. The molecule has 0 saturated carbocycles. The van der Waals surface area contributed by atoms with Crippen LogP contribution in [-0.2, 0) is 11.3 Å². The number of ether oxygens (including phenoxy) is 2. The molecule has 5 rings (SSSR count). The number of fused-ring (bicyclic) bond motifs is 1. The van der Waals surface area contributed by atoms with Crippen molar-refractivity contribution in [1.82, 2.24) is 14.7 Å². The summed E-state index contributed by atoms with van der Waals surface area (Å²) in [6, 6.07) is 11.8. The molecular weight excluding hydrogens is 425 g/mol. The normalized spacial score (nSPS) is 19.1. The molecule has 2 aromatic carbocycles. The Morgan fingerprint density at radius 3 is 2.39 bits per heavy atom. The Labute approximate surface area is 192 Å². The number of halogens is 1. The highest BCUT2D eigenvalue weighted by atomic mass is 19.1. The second-order valence-electron chi connectivity index (χ2n) is 8.87. The first-order valence-electron chi connectivity index (χ1n) is 11.5. The second kappa shape index (κ2) is 9.39. The fraction of sp³-hybridized carbons (Fsp3) is 0.440. The van der Waals surface area contributed by atoms with Crippen molar-refractivity contribution in [3.05, 3.63) is 59.4 Å². The van der Waals surface area contributed by atoms with Gasteiger partial charge in [0.15, 0.2) is 11.5 Å². The molecule has 0 bridgehead atoms. The molecule has 3 heterocycles. The van der Waals surface area contributed by atoms with E-state index in [1.807, 2.05) is 17.0 Å². The lowest BCUT2D eigenvalue weighted by Crippen LogP contribution is -2.51. The highest BCUT2D eigenvalue weighted by Crippen LogP contribution is 2.33. The minimum absolute atomic E-state index is 0.0537. The van der Waals surface area contributed by atoms with E-state index in [9.17, 15) is 14.0 Å². The molecule has 7 nitrogen and oxygen atoms in total. The Morgan fingerprint density at radius 1 is 0.879 bits per heavy atom. The van der Waals surface area contributed by atoms with Gasteiger partial charge < -0.3 is 19.3 Å². The molecule has 0 aromatic heterocycles. The first-order chi connectivity index (χ1) is 16.1. The molecule has 33 heavy (non-hydrogen) atoms. The Morgan fingerprint density at radius 2 is 1.64 bits per heavy atom. The lowest BCUT2D eigenvalue weighted by Gasteiger charge is -2.38. The predicted molar refractivity (Wildman–Crippen MR) is 119 cm³/mol. The van der Waals surface area contributed by atoms with Gasteiger partial charge in [0.25, 0.3) is 5.91 Å². The van der Waals surface area contributed by atoms with Crippen LogP contribution in [0.5, 0.6) is 11.5 Å². The maximum absolute atomic E-state index is 13.4. The minimum Gasteiger partial charge on any atom is -0.454 e. The van der Waals surface area contributed by atoms with E-state index in [0.29, 0.717) is 44.6 Å². The van der Waals surface area contributed by atoms with E-state index in [1.165, 1.54) is 17.7 Å². The van der Waals surface area contributed by atoms with Crippen LogP contribution in [0.2, 0.25) is 0 Å². The summed E-state index contributed by atoms with van der Waals surface area (Å²) < 4.78 is 24.3. The largest absolute Gasteiger partial charge is 0.454 e. The number of carbonyl (C=O) groups is 2. The third-order valence-electron chi connectivity index (χ3n) is 6.73. The van der Waals surface area contributed by atoms with Gasteiger partial charge in [0.1, 0.15) is 5.82 Å². The van der Waals surface area contributed by atoms with Crippen LogP contribution >= 0.6 is 0 Å². The molecule has 0 radical (unpaired) electrons. The molecule has 2 saturated heterocycles. The van der Waals surface area contributed by atoms with Crippen molar-refractivity contribution < 1.29 is 23.5 Å². The van der Waals surface area contributed by atoms with Crippen molar-refractivity contribution in [3.63, 3.8) is 0 Å². The Hall–Kier alpha value is -3.13. The van der Waals surface area contributed by atoms with E-state index in [1.54, 1.807) is 17.0 Å². The summed E-state index contributed by atoms with van der Waals surface area (Å²) >= 11 is 0. The van der Waals surface area contributed by atoms with Crippen LogP contribution in [0.25, 0.3) is 0 Å². The molecule has 2 aromatic rings. The topological polar surface area (TPSA) is 62.3 Å². The SMILES string of the molecule is O=C(c1cccc(F)c1)N1CCC(C(=O)N2CCN(Cc3ccc4c(c3)OCO4)CC2)CC1. The average Bonchev–Trinajstić information content (AvgIpc) is 3.32. The molecule has 0 spiro atoms. The predicted octanol–water partition coefficient (Wildman–Crippen LogP) is 2.75. The van der Waals surface area contributed by atoms with Crippen LogP contribution in [0.3, 0.4) is 0 Å². The minimum atomic E-state index is -0.413. The van der Waals surface area contributed by atoms with Crippen molar-refractivity contribution in [2.24, 2.45) is 5.92 Å². The number of likely N-dealkylation sites (tertiary alicyclic amines) is 1. The summed E-state index contributed by atoms with van der Waals surface area (Å²) in [6.07, 6.45) is 1.30. The summed E-state index contributed by atoms with van der Waals surface area (Å²) in [5.41, 5.74) is 1.53. The van der Waals surface area contributed by atoms with Crippen molar-refractivity contribution in [3.8, 4) is 11.5 Å². The summed E-state index contributed by atoms with van der Waals surface area (Å²) in [4.78, 5) is 31.7. The molecular formula is C25H28FN3O4. The molecule has 2 amide bonds. The van der Waals surface area contributed by atoms with E-state index in [0.717, 1.165) is 31.1 Å². The van der Waals surface area contributed by atoms with Gasteiger partial charge in [0.2, 0.25) is 12.7 Å². The quantitative estimate of drug-likeness (QED) is 0.713. The summed E-state index contributed by atoms with van der Waals surface area (Å²) in [7, 11) is 0. The lowest BCUT2D eigenvalue weighted by molar-refractivity contribution is -0.138. The van der Waals surface area contributed by atoms with E-state index < -0.39 is 5.82 Å². The van der Waals surface area contributed by atoms with Crippen LogP contribution in [0.4, 0.5) is 4.39 Å². The zero-order valence-electron chi connectivity index (χ0n) is 18.5. The molecule has 3 aliphatic rings. The van der Waals surface area contributed by atoms with Crippen molar-refractivity contribution in [1.29, 1.82) is 0 Å². The van der Waals surface area contributed by atoms with Gasteiger partial charge in [0.05, 0.1) is 0 Å². The highest BCUT2D eigenvalue weighted by molar-refractivity contribution is 5.94. The van der Waals surface area contributed by atoms with Crippen LogP contribution in [-0.4, -0.2) is 72.6 Å². The molecule has 0 unspecified atom stereocenters. The van der Waals surface area contributed by atoms with E-state index in [-0.39, 0.29) is 24.5 Å². The van der Waals surface area contributed by atoms with Gasteiger partial charge in [-0.25, -0.2) is 4.39 Å². The first-order valence-corrected chi connectivity index (χ1v) is 11.5. The number of hydrogen-bond acceptors (Lipinski definition) is 5. The van der Waals surface area contributed by atoms with Gasteiger partial charge in [0, 0.05) is 57.3 Å². The first kappa shape index (κ1) is 21.7. The standard InChI is InChI=1S/C25H28FN3O4/c26-21-3-1-2-20(15-21)25(31)28-8-6-19(7-9-28)24(30)29-12-10-27(11-13-29)16-18-4-5-22-23(14-18)33-17-32-22/h1-5,14-15,19H,6-13,16-17H2. The Balaban J connectivity index is 1.09. The number of benzene rings is 2. The van der Waals surface area contributed by atoms with Crippen LogP contribution in [0.15, 0.2) is 42.5 Å². The summed E-state index contributed by atoms with van der Waals surface area (Å²) in [5, 5.41) is 0. The number of rotatable bonds is 4. The lowest BCUT2D eigenvalue weighted by atomic mass is 9.94. The third-order valence-corrected chi connectivity index (χ3v) is 6.73. The van der Waals surface area contributed by atoms with Crippen LogP contribution < -0.4 is 9.47 Å². The van der Waals surface area contributed by atoms with E-state index in [2.05, 4.69) is 11.0 Å². The van der Waals surface area contributed by atoms with Gasteiger partial charge in [-0.1, -0.05) is 12.1 Å². The van der Waals surface area contributed by atoms with Gasteiger partial charge in [-0.15, -0.1) is 0 Å². The molecule has 174 valence electrons. The smallest absolute Gasteiger partial charge is 0.253 e. The zero-order chi connectivity index (χ0) is 22.8. The Kier molecular flexibility index (Phi) is 6.17. The zero-order valence-corrected chi connectivity index (χ0v) is 18.5. The van der Waals surface area contributed by atoms with Crippen LogP contribution in [0.1, 0.15) is 28.8 Å². The maximum atomic E-state index is 13.4. The van der Waals surface area contributed by atoms with Crippen LogP contribution in [0, 0.1) is 11.7 Å². The second-order valence-corrected chi connectivity index (χ2v) is 8.87. The molecule has 3 aliphatic heterocycles. The average molecular weight is 454 g/mol. The number of piperazine rings is 1.